The Morgan fingerprint density at radius 2 is 1.77 bits per heavy atom. The fourth-order valence-electron chi connectivity index (χ4n) is 3.40. The van der Waals surface area contributed by atoms with Crippen LogP contribution in [-0.2, 0) is 23.6 Å². The summed E-state index contributed by atoms with van der Waals surface area (Å²) in [7, 11) is -2.16. The van der Waals surface area contributed by atoms with Crippen molar-refractivity contribution in [3.8, 4) is 0 Å². The zero-order valence-corrected chi connectivity index (χ0v) is 20.2. The third-order valence-corrected chi connectivity index (χ3v) is 7.15. The van der Waals surface area contributed by atoms with E-state index in [2.05, 4.69) is 26.1 Å². The number of hydrogen-bond donors (Lipinski definition) is 0. The Labute approximate surface area is 184 Å². The lowest BCUT2D eigenvalue weighted by Gasteiger charge is -2.21. The standard InChI is InChI=1S/C20H24BrN5O3S/c1-12-18(21)14(3)25(23-12)11-16-8-7-9-17(10-16)20(27)26(30(6,28)29)19-13(2)22-24(5)15(19)4/h7-10H,11H2,1-6H3. The largest absolute Gasteiger partial charge is 0.272 e. The molecule has 3 rings (SSSR count). The van der Waals surface area contributed by atoms with Gasteiger partial charge in [0, 0.05) is 12.6 Å². The molecule has 10 heteroatoms. The zero-order chi connectivity index (χ0) is 22.4. The molecule has 2 heterocycles. The Balaban J connectivity index is 2.02. The molecule has 8 nitrogen and oxygen atoms in total. The number of nitrogens with zero attached hydrogens (tertiary/aromatic N) is 5. The molecule has 30 heavy (non-hydrogen) atoms. The van der Waals surface area contributed by atoms with Crippen LogP contribution in [0.4, 0.5) is 5.69 Å². The first-order chi connectivity index (χ1) is 13.9. The molecule has 160 valence electrons. The molecule has 0 bridgehead atoms. The maximum Gasteiger partial charge on any atom is 0.272 e. The molecule has 2 aromatic heterocycles. The van der Waals surface area contributed by atoms with Gasteiger partial charge in [0.1, 0.15) is 5.69 Å². The summed E-state index contributed by atoms with van der Waals surface area (Å²) in [5.41, 5.74) is 4.33. The number of carbonyl (C=O) groups excluding carboxylic acids is 1. The van der Waals surface area contributed by atoms with E-state index in [1.165, 1.54) is 0 Å². The summed E-state index contributed by atoms with van der Waals surface area (Å²) in [6.45, 7) is 7.75. The smallest absolute Gasteiger partial charge is 0.270 e. The number of sulfonamides is 1. The predicted octanol–water partition coefficient (Wildman–Crippen LogP) is 3.27. The van der Waals surface area contributed by atoms with Gasteiger partial charge >= 0.3 is 0 Å². The summed E-state index contributed by atoms with van der Waals surface area (Å²) >= 11 is 3.51. The minimum Gasteiger partial charge on any atom is -0.270 e. The first-order valence-electron chi connectivity index (χ1n) is 9.25. The Bertz CT molecular complexity index is 1240. The maximum absolute atomic E-state index is 13.3. The predicted molar refractivity (Wildman–Crippen MR) is 119 cm³/mol. The van der Waals surface area contributed by atoms with Gasteiger partial charge in [-0.2, -0.15) is 14.5 Å². The van der Waals surface area contributed by atoms with Gasteiger partial charge in [-0.3, -0.25) is 14.2 Å². The molecule has 0 saturated carbocycles. The molecule has 0 fully saturated rings. The van der Waals surface area contributed by atoms with E-state index in [0.717, 1.165) is 32.0 Å². The van der Waals surface area contributed by atoms with Crippen LogP contribution in [-0.4, -0.2) is 40.1 Å². The van der Waals surface area contributed by atoms with Crippen molar-refractivity contribution in [3.05, 3.63) is 62.6 Å². The van der Waals surface area contributed by atoms with E-state index in [1.54, 1.807) is 43.8 Å². The molecule has 0 aliphatic carbocycles. The van der Waals surface area contributed by atoms with Crippen LogP contribution in [0.5, 0.6) is 0 Å². The second-order valence-electron chi connectivity index (χ2n) is 7.32. The minimum atomic E-state index is -3.87. The van der Waals surface area contributed by atoms with E-state index in [0.29, 0.717) is 17.9 Å². The van der Waals surface area contributed by atoms with Crippen molar-refractivity contribution < 1.29 is 13.2 Å². The molecule has 0 saturated heterocycles. The fourth-order valence-corrected chi connectivity index (χ4v) is 4.68. The number of amides is 1. The molecular formula is C20H24BrN5O3S. The number of rotatable bonds is 5. The van der Waals surface area contributed by atoms with Gasteiger partial charge in [0.05, 0.1) is 40.0 Å². The van der Waals surface area contributed by atoms with Crippen molar-refractivity contribution >= 4 is 37.5 Å². The van der Waals surface area contributed by atoms with Crippen molar-refractivity contribution in [1.29, 1.82) is 0 Å². The highest BCUT2D eigenvalue weighted by molar-refractivity contribution is 9.10. The summed E-state index contributed by atoms with van der Waals surface area (Å²) in [6.07, 6.45) is 1.02. The molecule has 0 atom stereocenters. The van der Waals surface area contributed by atoms with Gasteiger partial charge in [-0.25, -0.2) is 8.42 Å². The lowest BCUT2D eigenvalue weighted by atomic mass is 10.1. The zero-order valence-electron chi connectivity index (χ0n) is 17.8. The highest BCUT2D eigenvalue weighted by Crippen LogP contribution is 2.28. The average Bonchev–Trinajstić information content (AvgIpc) is 3.05. The highest BCUT2D eigenvalue weighted by Gasteiger charge is 2.31. The van der Waals surface area contributed by atoms with Crippen LogP contribution in [0.2, 0.25) is 0 Å². The first kappa shape index (κ1) is 22.2. The van der Waals surface area contributed by atoms with Crippen molar-refractivity contribution in [1.82, 2.24) is 19.6 Å². The van der Waals surface area contributed by atoms with Gasteiger partial charge in [0.15, 0.2) is 0 Å². The van der Waals surface area contributed by atoms with Crippen LogP contribution in [0.1, 0.15) is 38.7 Å². The molecule has 0 aliphatic rings. The SMILES string of the molecule is Cc1nn(Cc2cccc(C(=O)N(c3c(C)nn(C)c3C)S(C)(=O)=O)c2)c(C)c1Br. The van der Waals surface area contributed by atoms with E-state index in [1.807, 2.05) is 24.6 Å². The number of halogens is 1. The molecule has 1 amide bonds. The van der Waals surface area contributed by atoms with Crippen molar-refractivity contribution in [2.45, 2.75) is 34.2 Å². The topological polar surface area (TPSA) is 90.1 Å². The van der Waals surface area contributed by atoms with Gasteiger partial charge in [0.2, 0.25) is 10.0 Å². The van der Waals surface area contributed by atoms with Gasteiger partial charge < -0.3 is 0 Å². The second kappa shape index (κ2) is 7.99. The van der Waals surface area contributed by atoms with Gasteiger partial charge in [-0.1, -0.05) is 12.1 Å². The molecule has 0 spiro atoms. The van der Waals surface area contributed by atoms with Crippen molar-refractivity contribution in [2.24, 2.45) is 7.05 Å². The number of aryl methyl sites for hydroxylation is 3. The Morgan fingerprint density at radius 1 is 1.10 bits per heavy atom. The summed E-state index contributed by atoms with van der Waals surface area (Å²) in [6, 6.07) is 6.94. The van der Waals surface area contributed by atoms with Gasteiger partial charge in [-0.15, -0.1) is 0 Å². The average molecular weight is 494 g/mol. The van der Waals surface area contributed by atoms with Crippen LogP contribution < -0.4 is 4.31 Å². The number of carbonyl (C=O) groups is 1. The van der Waals surface area contributed by atoms with Crippen LogP contribution in [0.25, 0.3) is 0 Å². The second-order valence-corrected chi connectivity index (χ2v) is 9.94. The molecule has 1 aromatic carbocycles. The molecule has 0 aliphatic heterocycles. The summed E-state index contributed by atoms with van der Waals surface area (Å²) < 4.78 is 30.3. The summed E-state index contributed by atoms with van der Waals surface area (Å²) in [5, 5.41) is 8.75. The Morgan fingerprint density at radius 3 is 2.27 bits per heavy atom. The van der Waals surface area contributed by atoms with E-state index < -0.39 is 15.9 Å². The van der Waals surface area contributed by atoms with E-state index in [9.17, 15) is 13.2 Å². The number of aromatic nitrogens is 4. The first-order valence-corrected chi connectivity index (χ1v) is 11.9. The van der Waals surface area contributed by atoms with Crippen molar-refractivity contribution in [2.75, 3.05) is 10.6 Å². The molecule has 0 N–H and O–H groups in total. The molecule has 0 radical (unpaired) electrons. The Hall–Kier alpha value is -2.46. The lowest BCUT2D eigenvalue weighted by molar-refractivity contribution is 0.100. The molecule has 0 unspecified atom stereocenters. The third kappa shape index (κ3) is 4.06. The van der Waals surface area contributed by atoms with Crippen LogP contribution >= 0.6 is 15.9 Å². The van der Waals surface area contributed by atoms with E-state index in [-0.39, 0.29) is 11.3 Å². The number of anilines is 1. The van der Waals surface area contributed by atoms with Crippen LogP contribution in [0.15, 0.2) is 28.7 Å². The molecule has 3 aromatic rings. The normalized spacial score (nSPS) is 11.7. The summed E-state index contributed by atoms with van der Waals surface area (Å²) in [4.78, 5) is 13.3. The maximum atomic E-state index is 13.3. The van der Waals surface area contributed by atoms with E-state index in [4.69, 9.17) is 0 Å². The minimum absolute atomic E-state index is 0.279. The number of hydrogen-bond acceptors (Lipinski definition) is 5. The Kier molecular flexibility index (Phi) is 5.92. The third-order valence-electron chi connectivity index (χ3n) is 4.99. The van der Waals surface area contributed by atoms with Crippen molar-refractivity contribution in [3.63, 3.8) is 0 Å². The lowest BCUT2D eigenvalue weighted by Crippen LogP contribution is -2.37. The van der Waals surface area contributed by atoms with Gasteiger partial charge in [0.25, 0.3) is 5.91 Å². The highest BCUT2D eigenvalue weighted by atomic mass is 79.9. The monoisotopic (exact) mass is 493 g/mol. The molecular weight excluding hydrogens is 470 g/mol. The van der Waals surface area contributed by atoms with Gasteiger partial charge in [-0.05, 0) is 61.3 Å². The number of benzene rings is 1. The summed E-state index contributed by atoms with van der Waals surface area (Å²) in [5.74, 6) is -0.618. The quantitative estimate of drug-likeness (QED) is 0.543. The van der Waals surface area contributed by atoms with Crippen LogP contribution in [0, 0.1) is 27.7 Å². The fraction of sp³-hybridized carbons (Fsp3) is 0.350. The van der Waals surface area contributed by atoms with Crippen LogP contribution in [0.3, 0.4) is 0 Å². The van der Waals surface area contributed by atoms with E-state index >= 15 is 0 Å².